The van der Waals surface area contributed by atoms with Gasteiger partial charge in [-0.3, -0.25) is 0 Å². The van der Waals surface area contributed by atoms with Gasteiger partial charge < -0.3 is 4.74 Å². The molecule has 0 aliphatic carbocycles. The summed E-state index contributed by atoms with van der Waals surface area (Å²) >= 11 is 0. The van der Waals surface area contributed by atoms with Crippen LogP contribution in [0, 0.1) is 0 Å². The second-order valence-corrected chi connectivity index (χ2v) is 7.32. The van der Waals surface area contributed by atoms with E-state index < -0.39 is 5.60 Å². The SMILES string of the molecule is CCCCCCC=CC(=CC(=O)OC(C)(C)C)CCCCCC. The summed E-state index contributed by atoms with van der Waals surface area (Å²) in [4.78, 5) is 12.0. The molecule has 0 rings (SSSR count). The van der Waals surface area contributed by atoms with Gasteiger partial charge in [-0.2, -0.15) is 0 Å². The summed E-state index contributed by atoms with van der Waals surface area (Å²) in [5.74, 6) is -0.223. The predicted octanol–water partition coefficient (Wildman–Crippen LogP) is 6.75. The number of esters is 1. The third-order valence-electron chi connectivity index (χ3n) is 3.59. The Hall–Kier alpha value is -1.05. The summed E-state index contributed by atoms with van der Waals surface area (Å²) in [5.41, 5.74) is 0.677. The molecule has 0 radical (unpaired) electrons. The summed E-state index contributed by atoms with van der Waals surface area (Å²) < 4.78 is 5.41. The van der Waals surface area contributed by atoms with Crippen LogP contribution in [0.15, 0.2) is 23.8 Å². The van der Waals surface area contributed by atoms with Gasteiger partial charge >= 0.3 is 5.97 Å². The fourth-order valence-corrected chi connectivity index (χ4v) is 2.37. The van der Waals surface area contributed by atoms with Crippen molar-refractivity contribution in [1.82, 2.24) is 0 Å². The van der Waals surface area contributed by atoms with E-state index >= 15 is 0 Å². The van der Waals surface area contributed by atoms with Crippen molar-refractivity contribution >= 4 is 5.97 Å². The van der Waals surface area contributed by atoms with Gasteiger partial charge in [0.25, 0.3) is 0 Å². The molecule has 0 aliphatic rings. The van der Waals surface area contributed by atoms with Gasteiger partial charge in [0.2, 0.25) is 0 Å². The first kappa shape index (κ1) is 21.9. The molecule has 2 heteroatoms. The van der Waals surface area contributed by atoms with Crippen LogP contribution in [-0.4, -0.2) is 11.6 Å². The molecule has 0 atom stereocenters. The Balaban J connectivity index is 4.48. The lowest BCUT2D eigenvalue weighted by Gasteiger charge is -2.18. The number of allylic oxidation sites excluding steroid dienone is 3. The largest absolute Gasteiger partial charge is 0.457 e. The Kier molecular flexibility index (Phi) is 12.8. The van der Waals surface area contributed by atoms with E-state index in [1.807, 2.05) is 20.8 Å². The fourth-order valence-electron chi connectivity index (χ4n) is 2.37. The molecule has 0 aromatic heterocycles. The summed E-state index contributed by atoms with van der Waals surface area (Å²) in [7, 11) is 0. The fraction of sp³-hybridized carbons (Fsp3) is 0.762. The van der Waals surface area contributed by atoms with Crippen molar-refractivity contribution in [3.05, 3.63) is 23.8 Å². The molecule has 0 aliphatic heterocycles. The first-order valence-corrected chi connectivity index (χ1v) is 9.49. The first-order chi connectivity index (χ1) is 10.9. The van der Waals surface area contributed by atoms with E-state index in [-0.39, 0.29) is 5.97 Å². The highest BCUT2D eigenvalue weighted by molar-refractivity contribution is 5.83. The van der Waals surface area contributed by atoms with Crippen molar-refractivity contribution in [2.45, 2.75) is 104 Å². The molecule has 0 amide bonds. The number of unbranched alkanes of at least 4 members (excludes halogenated alkanes) is 7. The number of carbonyl (C=O) groups excluding carboxylic acids is 1. The highest BCUT2D eigenvalue weighted by atomic mass is 16.6. The maximum atomic E-state index is 12.0. The molecule has 0 saturated heterocycles. The van der Waals surface area contributed by atoms with Crippen LogP contribution < -0.4 is 0 Å². The molecule has 0 heterocycles. The van der Waals surface area contributed by atoms with Crippen molar-refractivity contribution in [2.24, 2.45) is 0 Å². The Morgan fingerprint density at radius 1 is 0.913 bits per heavy atom. The van der Waals surface area contributed by atoms with Gasteiger partial charge in [-0.05, 0) is 52.0 Å². The van der Waals surface area contributed by atoms with Gasteiger partial charge in [-0.15, -0.1) is 0 Å². The average molecular weight is 323 g/mol. The molecular formula is C21H38O2. The predicted molar refractivity (Wildman–Crippen MR) is 101 cm³/mol. The Labute approximate surface area is 144 Å². The first-order valence-electron chi connectivity index (χ1n) is 9.49. The van der Waals surface area contributed by atoms with Gasteiger partial charge in [-0.1, -0.05) is 64.5 Å². The lowest BCUT2D eigenvalue weighted by atomic mass is 10.0. The lowest BCUT2D eigenvalue weighted by molar-refractivity contribution is -0.148. The van der Waals surface area contributed by atoms with Crippen LogP contribution in [0.5, 0.6) is 0 Å². The standard InChI is InChI=1S/C21H38O2/c1-6-8-10-12-13-15-17-19(16-14-11-9-7-2)18-20(22)23-21(3,4)5/h15,17-18H,6-14,16H2,1-5H3. The maximum Gasteiger partial charge on any atom is 0.331 e. The number of ether oxygens (including phenoxy) is 1. The molecule has 0 N–H and O–H groups in total. The topological polar surface area (TPSA) is 26.3 Å². The maximum absolute atomic E-state index is 12.0. The Morgan fingerprint density at radius 3 is 2.09 bits per heavy atom. The van der Waals surface area contributed by atoms with Gasteiger partial charge in [0, 0.05) is 6.08 Å². The Bertz CT molecular complexity index is 359. The third-order valence-corrected chi connectivity index (χ3v) is 3.59. The summed E-state index contributed by atoms with van der Waals surface area (Å²) in [6.45, 7) is 10.2. The van der Waals surface area contributed by atoms with E-state index in [2.05, 4.69) is 26.0 Å². The number of rotatable bonds is 12. The highest BCUT2D eigenvalue weighted by Crippen LogP contribution is 2.15. The van der Waals surface area contributed by atoms with Crippen LogP contribution in [0.3, 0.4) is 0 Å². The highest BCUT2D eigenvalue weighted by Gasteiger charge is 2.14. The minimum absolute atomic E-state index is 0.223. The molecule has 0 saturated carbocycles. The third kappa shape index (κ3) is 15.6. The van der Waals surface area contributed by atoms with Crippen molar-refractivity contribution < 1.29 is 9.53 Å². The molecule has 0 aromatic carbocycles. The molecule has 0 spiro atoms. The van der Waals surface area contributed by atoms with Crippen molar-refractivity contribution in [3.63, 3.8) is 0 Å². The molecule has 0 fully saturated rings. The molecule has 0 unspecified atom stereocenters. The van der Waals surface area contributed by atoms with Crippen molar-refractivity contribution in [1.29, 1.82) is 0 Å². The van der Waals surface area contributed by atoms with Gasteiger partial charge in [-0.25, -0.2) is 4.79 Å². The van der Waals surface area contributed by atoms with Gasteiger partial charge in [0.15, 0.2) is 0 Å². The van der Waals surface area contributed by atoms with Crippen molar-refractivity contribution in [2.75, 3.05) is 0 Å². The molecule has 23 heavy (non-hydrogen) atoms. The summed E-state index contributed by atoms with van der Waals surface area (Å²) in [5, 5.41) is 0. The summed E-state index contributed by atoms with van der Waals surface area (Å²) in [6, 6.07) is 0. The van der Waals surface area contributed by atoms with Crippen molar-refractivity contribution in [3.8, 4) is 0 Å². The average Bonchev–Trinajstić information content (AvgIpc) is 2.44. The lowest BCUT2D eigenvalue weighted by Crippen LogP contribution is -2.22. The van der Waals surface area contributed by atoms with Gasteiger partial charge in [0.1, 0.15) is 5.60 Å². The number of hydrogen-bond donors (Lipinski definition) is 0. The zero-order valence-corrected chi connectivity index (χ0v) is 16.1. The van der Waals surface area contributed by atoms with Crippen LogP contribution in [0.4, 0.5) is 0 Å². The minimum Gasteiger partial charge on any atom is -0.457 e. The molecule has 134 valence electrons. The zero-order chi connectivity index (χ0) is 17.6. The molecular weight excluding hydrogens is 284 g/mol. The Morgan fingerprint density at radius 2 is 1.52 bits per heavy atom. The molecule has 2 nitrogen and oxygen atoms in total. The van der Waals surface area contributed by atoms with Crippen LogP contribution >= 0.6 is 0 Å². The van der Waals surface area contributed by atoms with E-state index in [4.69, 9.17) is 4.74 Å². The molecule has 0 bridgehead atoms. The van der Waals surface area contributed by atoms with Crippen LogP contribution in [0.2, 0.25) is 0 Å². The van der Waals surface area contributed by atoms with Crippen LogP contribution in [0.1, 0.15) is 98.8 Å². The number of hydrogen-bond acceptors (Lipinski definition) is 2. The second kappa shape index (κ2) is 13.4. The second-order valence-electron chi connectivity index (χ2n) is 7.32. The minimum atomic E-state index is -0.426. The normalized spacial score (nSPS) is 12.8. The smallest absolute Gasteiger partial charge is 0.331 e. The monoisotopic (exact) mass is 322 g/mol. The zero-order valence-electron chi connectivity index (χ0n) is 16.1. The van der Waals surface area contributed by atoms with Crippen LogP contribution in [-0.2, 0) is 9.53 Å². The number of carbonyl (C=O) groups is 1. The van der Waals surface area contributed by atoms with E-state index in [1.54, 1.807) is 6.08 Å². The van der Waals surface area contributed by atoms with Gasteiger partial charge in [0.05, 0.1) is 0 Å². The van der Waals surface area contributed by atoms with Crippen LogP contribution in [0.25, 0.3) is 0 Å². The summed E-state index contributed by atoms with van der Waals surface area (Å²) in [6.07, 6.45) is 18.1. The quantitative estimate of drug-likeness (QED) is 0.172. The van der Waals surface area contributed by atoms with E-state index in [9.17, 15) is 4.79 Å². The van der Waals surface area contributed by atoms with E-state index in [0.29, 0.717) is 0 Å². The molecule has 0 aromatic rings. The van der Waals surface area contributed by atoms with E-state index in [0.717, 1.165) is 24.8 Å². The van der Waals surface area contributed by atoms with E-state index in [1.165, 1.54) is 44.9 Å².